The van der Waals surface area contributed by atoms with Crippen molar-refractivity contribution >= 4 is 21.8 Å². The molecule has 2 heteroatoms. The fourth-order valence-electron chi connectivity index (χ4n) is 4.37. The van der Waals surface area contributed by atoms with Gasteiger partial charge in [0.15, 0.2) is 0 Å². The first kappa shape index (κ1) is 14.5. The molecule has 2 fully saturated rings. The molecule has 0 bridgehead atoms. The summed E-state index contributed by atoms with van der Waals surface area (Å²) >= 11 is 0. The summed E-state index contributed by atoms with van der Waals surface area (Å²) in [6.45, 7) is 2.38. The smallest absolute Gasteiger partial charge is 0.0491 e. The van der Waals surface area contributed by atoms with Crippen molar-refractivity contribution in [2.24, 2.45) is 5.92 Å². The minimum absolute atomic E-state index is 0.663. The molecule has 1 aromatic heterocycles. The van der Waals surface area contributed by atoms with Gasteiger partial charge in [0.1, 0.15) is 0 Å². The molecule has 2 aromatic carbocycles. The van der Waals surface area contributed by atoms with Gasteiger partial charge in [-0.1, -0.05) is 30.7 Å². The van der Waals surface area contributed by atoms with Crippen LogP contribution in [0.5, 0.6) is 0 Å². The molecule has 0 spiro atoms. The van der Waals surface area contributed by atoms with E-state index < -0.39 is 0 Å². The normalized spacial score (nSPS) is 21.6. The second kappa shape index (κ2) is 5.93. The molecule has 1 unspecified atom stereocenters. The number of aromatic nitrogens is 1. The number of hydrogen-bond donors (Lipinski definition) is 1. The van der Waals surface area contributed by atoms with Crippen molar-refractivity contribution in [2.45, 2.75) is 51.1 Å². The summed E-state index contributed by atoms with van der Waals surface area (Å²) in [6.07, 6.45) is 8.00. The zero-order valence-electron chi connectivity index (χ0n) is 14.3. The third-order valence-electron chi connectivity index (χ3n) is 5.87. The maximum atomic E-state index is 3.69. The average molecular weight is 318 g/mol. The SMILES string of the molecule is c1ccc2c(c1)c1cc(CC3CCCCN3)ccc1n2CC1CC1. The Labute approximate surface area is 143 Å². The highest BCUT2D eigenvalue weighted by atomic mass is 15.0. The van der Waals surface area contributed by atoms with Crippen molar-refractivity contribution in [3.05, 3.63) is 48.0 Å². The molecule has 0 amide bonds. The fourth-order valence-corrected chi connectivity index (χ4v) is 4.37. The van der Waals surface area contributed by atoms with Gasteiger partial charge in [-0.25, -0.2) is 0 Å². The van der Waals surface area contributed by atoms with E-state index in [1.165, 1.54) is 72.6 Å². The fraction of sp³-hybridized carbons (Fsp3) is 0.455. The molecule has 3 aromatic rings. The number of benzene rings is 2. The van der Waals surface area contributed by atoms with E-state index in [9.17, 15) is 0 Å². The number of hydrogen-bond acceptors (Lipinski definition) is 1. The topological polar surface area (TPSA) is 17.0 Å². The number of nitrogens with zero attached hydrogens (tertiary/aromatic N) is 1. The monoisotopic (exact) mass is 318 g/mol. The molecule has 5 rings (SSSR count). The number of para-hydroxylation sites is 1. The molecule has 1 aliphatic heterocycles. The standard InChI is InChI=1S/C22H26N2/c1-2-7-21-19(6-1)20-14-17(13-18-5-3-4-12-23-18)10-11-22(20)24(21)15-16-8-9-16/h1-2,6-7,10-11,14,16,18,23H,3-5,8-9,12-13,15H2. The Kier molecular flexibility index (Phi) is 3.59. The van der Waals surface area contributed by atoms with E-state index in [4.69, 9.17) is 0 Å². The minimum atomic E-state index is 0.663. The Bertz CT molecular complexity index is 866. The van der Waals surface area contributed by atoms with Crippen LogP contribution in [0.1, 0.15) is 37.7 Å². The predicted octanol–water partition coefficient (Wildman–Crippen LogP) is 4.89. The number of rotatable bonds is 4. The van der Waals surface area contributed by atoms with Crippen LogP contribution in [-0.4, -0.2) is 17.2 Å². The molecule has 2 nitrogen and oxygen atoms in total. The highest BCUT2D eigenvalue weighted by molar-refractivity contribution is 6.08. The maximum Gasteiger partial charge on any atom is 0.0491 e. The van der Waals surface area contributed by atoms with Gasteiger partial charge >= 0.3 is 0 Å². The molecule has 1 saturated carbocycles. The van der Waals surface area contributed by atoms with Crippen molar-refractivity contribution in [1.82, 2.24) is 9.88 Å². The second-order valence-electron chi connectivity index (χ2n) is 7.77. The quantitative estimate of drug-likeness (QED) is 0.725. The maximum absolute atomic E-state index is 3.69. The van der Waals surface area contributed by atoms with E-state index in [0.29, 0.717) is 6.04 Å². The predicted molar refractivity (Wildman–Crippen MR) is 102 cm³/mol. The Balaban J connectivity index is 1.56. The summed E-state index contributed by atoms with van der Waals surface area (Å²) < 4.78 is 2.56. The summed E-state index contributed by atoms with van der Waals surface area (Å²) in [5.41, 5.74) is 4.31. The van der Waals surface area contributed by atoms with Gasteiger partial charge in [0, 0.05) is 34.4 Å². The number of nitrogens with one attached hydrogen (secondary N) is 1. The van der Waals surface area contributed by atoms with Crippen molar-refractivity contribution in [2.75, 3.05) is 6.54 Å². The van der Waals surface area contributed by atoms with Gasteiger partial charge in [0.25, 0.3) is 0 Å². The van der Waals surface area contributed by atoms with Crippen LogP contribution in [0.4, 0.5) is 0 Å². The zero-order chi connectivity index (χ0) is 15.9. The molecule has 1 N–H and O–H groups in total. The van der Waals surface area contributed by atoms with E-state index >= 15 is 0 Å². The van der Waals surface area contributed by atoms with E-state index in [1.807, 2.05) is 0 Å². The van der Waals surface area contributed by atoms with Gasteiger partial charge < -0.3 is 9.88 Å². The van der Waals surface area contributed by atoms with Crippen LogP contribution < -0.4 is 5.32 Å². The summed E-state index contributed by atoms with van der Waals surface area (Å²) in [5, 5.41) is 6.55. The van der Waals surface area contributed by atoms with Crippen LogP contribution in [0.15, 0.2) is 42.5 Å². The highest BCUT2D eigenvalue weighted by Gasteiger charge is 2.24. The van der Waals surface area contributed by atoms with Crippen molar-refractivity contribution in [3.63, 3.8) is 0 Å². The van der Waals surface area contributed by atoms with E-state index in [1.54, 1.807) is 0 Å². The molecular formula is C22H26N2. The summed E-state index contributed by atoms with van der Waals surface area (Å²) in [5.74, 6) is 0.898. The summed E-state index contributed by atoms with van der Waals surface area (Å²) in [4.78, 5) is 0. The molecule has 24 heavy (non-hydrogen) atoms. The Hall–Kier alpha value is -1.80. The zero-order valence-corrected chi connectivity index (χ0v) is 14.3. The minimum Gasteiger partial charge on any atom is -0.340 e. The van der Waals surface area contributed by atoms with Crippen LogP contribution >= 0.6 is 0 Å². The van der Waals surface area contributed by atoms with Crippen LogP contribution in [0.3, 0.4) is 0 Å². The first-order valence-electron chi connectivity index (χ1n) is 9.62. The van der Waals surface area contributed by atoms with Gasteiger partial charge in [-0.3, -0.25) is 0 Å². The summed E-state index contributed by atoms with van der Waals surface area (Å²) in [7, 11) is 0. The van der Waals surface area contributed by atoms with Crippen LogP contribution in [0, 0.1) is 5.92 Å². The second-order valence-corrected chi connectivity index (χ2v) is 7.77. The third-order valence-corrected chi connectivity index (χ3v) is 5.87. The Morgan fingerprint density at radius 3 is 2.62 bits per heavy atom. The summed E-state index contributed by atoms with van der Waals surface area (Å²) in [6, 6.07) is 16.8. The Morgan fingerprint density at radius 2 is 1.79 bits per heavy atom. The molecule has 2 aliphatic rings. The number of fused-ring (bicyclic) bond motifs is 3. The lowest BCUT2D eigenvalue weighted by molar-refractivity contribution is 0.399. The largest absolute Gasteiger partial charge is 0.340 e. The van der Waals surface area contributed by atoms with Crippen molar-refractivity contribution < 1.29 is 0 Å². The van der Waals surface area contributed by atoms with Crippen LogP contribution in [-0.2, 0) is 13.0 Å². The lowest BCUT2D eigenvalue weighted by Crippen LogP contribution is -2.35. The van der Waals surface area contributed by atoms with Crippen molar-refractivity contribution in [1.29, 1.82) is 0 Å². The molecule has 1 aliphatic carbocycles. The first-order chi connectivity index (χ1) is 11.9. The third kappa shape index (κ3) is 2.63. The average Bonchev–Trinajstić information content (AvgIpc) is 3.40. The van der Waals surface area contributed by atoms with Gasteiger partial charge in [0.2, 0.25) is 0 Å². The molecule has 1 atom stereocenters. The lowest BCUT2D eigenvalue weighted by Gasteiger charge is -2.23. The molecule has 0 radical (unpaired) electrons. The molecule has 124 valence electrons. The molecule has 2 heterocycles. The van der Waals surface area contributed by atoms with Gasteiger partial charge in [-0.15, -0.1) is 0 Å². The lowest BCUT2D eigenvalue weighted by atomic mass is 9.97. The van der Waals surface area contributed by atoms with Crippen molar-refractivity contribution in [3.8, 4) is 0 Å². The first-order valence-corrected chi connectivity index (χ1v) is 9.62. The van der Waals surface area contributed by atoms with Crippen LogP contribution in [0.25, 0.3) is 21.8 Å². The van der Waals surface area contributed by atoms with Crippen LogP contribution in [0.2, 0.25) is 0 Å². The van der Waals surface area contributed by atoms with Gasteiger partial charge in [0.05, 0.1) is 0 Å². The van der Waals surface area contributed by atoms with E-state index in [-0.39, 0.29) is 0 Å². The number of piperidine rings is 1. The van der Waals surface area contributed by atoms with E-state index in [0.717, 1.165) is 12.3 Å². The molecular weight excluding hydrogens is 292 g/mol. The van der Waals surface area contributed by atoms with Gasteiger partial charge in [-0.2, -0.15) is 0 Å². The molecule has 1 saturated heterocycles. The Morgan fingerprint density at radius 1 is 0.917 bits per heavy atom. The van der Waals surface area contributed by atoms with Gasteiger partial charge in [-0.05, 0) is 68.3 Å². The van der Waals surface area contributed by atoms with E-state index in [2.05, 4.69) is 52.3 Å². The highest BCUT2D eigenvalue weighted by Crippen LogP contribution is 2.36.